The fraction of sp³-hybridized carbons (Fsp3) is 0.259. The zero-order valence-electron chi connectivity index (χ0n) is 22.3. The number of aliphatic imine (C=N–C) groups is 1. The first-order valence-electron chi connectivity index (χ1n) is 11.9. The molecule has 39 heavy (non-hydrogen) atoms. The van der Waals surface area contributed by atoms with Gasteiger partial charge in [0.25, 0.3) is 15.6 Å². The number of halogens is 1. The summed E-state index contributed by atoms with van der Waals surface area (Å²) in [5.41, 5.74) is 1.84. The molecule has 0 aliphatic carbocycles. The van der Waals surface area contributed by atoms with Crippen molar-refractivity contribution in [2.45, 2.75) is 32.2 Å². The van der Waals surface area contributed by atoms with Crippen LogP contribution in [0.1, 0.15) is 25.0 Å². The molecular weight excluding hydrogens is 542 g/mol. The van der Waals surface area contributed by atoms with Crippen LogP contribution in [0.25, 0.3) is 16.5 Å². The minimum Gasteiger partial charge on any atom is -0.480 e. The van der Waals surface area contributed by atoms with E-state index in [0.29, 0.717) is 32.6 Å². The molecule has 206 valence electrons. The number of sulfonamides is 1. The Labute approximate surface area is 232 Å². The van der Waals surface area contributed by atoms with Crippen LogP contribution in [0.15, 0.2) is 75.1 Å². The number of nitrogens with one attached hydrogen (secondary N) is 2. The van der Waals surface area contributed by atoms with Crippen LogP contribution >= 0.6 is 11.6 Å². The first-order chi connectivity index (χ1) is 18.4. The first-order valence-corrected chi connectivity index (χ1v) is 13.7. The molecular formula is C27H30ClN5O5S. The molecule has 10 nitrogen and oxygen atoms in total. The van der Waals surface area contributed by atoms with Gasteiger partial charge in [0, 0.05) is 18.6 Å². The van der Waals surface area contributed by atoms with Gasteiger partial charge in [0.2, 0.25) is 11.8 Å². The molecule has 3 rings (SSSR count). The van der Waals surface area contributed by atoms with E-state index in [9.17, 15) is 18.0 Å². The lowest BCUT2D eigenvalue weighted by molar-refractivity contribution is -0.124. The van der Waals surface area contributed by atoms with Crippen molar-refractivity contribution in [2.75, 3.05) is 14.2 Å². The number of nitrogens with zero attached hydrogens (tertiary/aromatic N) is 3. The highest BCUT2D eigenvalue weighted by Crippen LogP contribution is 2.25. The molecule has 0 bridgehead atoms. The first kappa shape index (κ1) is 29.6. The average molecular weight is 572 g/mol. The zero-order valence-corrected chi connectivity index (χ0v) is 23.9. The predicted molar refractivity (Wildman–Crippen MR) is 153 cm³/mol. The summed E-state index contributed by atoms with van der Waals surface area (Å²) in [6.07, 6.45) is 2.95. The Morgan fingerprint density at radius 3 is 2.67 bits per heavy atom. The summed E-state index contributed by atoms with van der Waals surface area (Å²) >= 11 is 6.14. The summed E-state index contributed by atoms with van der Waals surface area (Å²) in [4.78, 5) is 33.3. The van der Waals surface area contributed by atoms with E-state index in [1.807, 2.05) is 0 Å². The lowest BCUT2D eigenvalue weighted by atomic mass is 10.0. The van der Waals surface area contributed by atoms with Gasteiger partial charge < -0.3 is 10.1 Å². The van der Waals surface area contributed by atoms with Crippen LogP contribution < -0.4 is 15.6 Å². The standard InChI is InChI=1S/C27H30ClN5O5S/c1-16(12-23(26(30-5)38-6)32-39(36,37)24-9-7-8-21(28)18(24)3)19-10-11-22-20(13-19)27(35)33(15-31-22)14-17(2)25(34)29-4/h7-13,15,17,32H,5,14H2,1-4,6H3,(H,29,34)/b16-12+,26-23-. The second kappa shape index (κ2) is 12.3. The van der Waals surface area contributed by atoms with Crippen molar-refractivity contribution in [1.82, 2.24) is 19.6 Å². The quantitative estimate of drug-likeness (QED) is 0.217. The Bertz CT molecular complexity index is 1660. The molecule has 1 aromatic heterocycles. The molecule has 1 heterocycles. The van der Waals surface area contributed by atoms with E-state index in [0.717, 1.165) is 0 Å². The number of hydrogen-bond donors (Lipinski definition) is 2. The van der Waals surface area contributed by atoms with Gasteiger partial charge in [0.05, 0.1) is 35.2 Å². The molecule has 0 spiro atoms. The maximum atomic E-state index is 13.3. The fourth-order valence-electron chi connectivity index (χ4n) is 3.93. The summed E-state index contributed by atoms with van der Waals surface area (Å²) < 4.78 is 35.7. The highest BCUT2D eigenvalue weighted by Gasteiger charge is 2.21. The van der Waals surface area contributed by atoms with Gasteiger partial charge in [0.1, 0.15) is 5.70 Å². The summed E-state index contributed by atoms with van der Waals surface area (Å²) in [5, 5.41) is 3.23. The molecule has 3 aromatic rings. The van der Waals surface area contributed by atoms with E-state index >= 15 is 0 Å². The van der Waals surface area contributed by atoms with Gasteiger partial charge in [-0.25, -0.2) is 18.4 Å². The second-order valence-corrected chi connectivity index (χ2v) is 10.9. The van der Waals surface area contributed by atoms with E-state index in [1.54, 1.807) is 51.1 Å². The highest BCUT2D eigenvalue weighted by molar-refractivity contribution is 7.89. The maximum Gasteiger partial charge on any atom is 0.262 e. The van der Waals surface area contributed by atoms with Gasteiger partial charge in [-0.2, -0.15) is 0 Å². The van der Waals surface area contributed by atoms with Crippen LogP contribution in [0.2, 0.25) is 5.02 Å². The van der Waals surface area contributed by atoms with Gasteiger partial charge in [0.15, 0.2) is 0 Å². The number of carbonyl (C=O) groups is 1. The molecule has 0 saturated heterocycles. The molecule has 1 unspecified atom stereocenters. The van der Waals surface area contributed by atoms with Gasteiger partial charge >= 0.3 is 0 Å². The van der Waals surface area contributed by atoms with Crippen LogP contribution in [-0.2, 0) is 26.1 Å². The molecule has 2 N–H and O–H groups in total. The van der Waals surface area contributed by atoms with E-state index in [2.05, 4.69) is 26.7 Å². The number of aromatic nitrogens is 2. The van der Waals surface area contributed by atoms with Crippen LogP contribution in [0, 0.1) is 12.8 Å². The lowest BCUT2D eigenvalue weighted by Gasteiger charge is -2.15. The number of carbonyl (C=O) groups excluding carboxylic acids is 1. The van der Waals surface area contributed by atoms with Crippen LogP contribution in [-0.4, -0.2) is 44.8 Å². The van der Waals surface area contributed by atoms with Crippen LogP contribution in [0.3, 0.4) is 0 Å². The van der Waals surface area contributed by atoms with Crippen molar-refractivity contribution in [2.24, 2.45) is 10.9 Å². The van der Waals surface area contributed by atoms with Gasteiger partial charge in [-0.15, -0.1) is 0 Å². The van der Waals surface area contributed by atoms with Crippen LogP contribution in [0.4, 0.5) is 0 Å². The number of hydrogen-bond acceptors (Lipinski definition) is 7. The number of fused-ring (bicyclic) bond motifs is 1. The molecule has 0 saturated carbocycles. The monoisotopic (exact) mass is 571 g/mol. The summed E-state index contributed by atoms with van der Waals surface area (Å²) in [5.74, 6) is -0.667. The Morgan fingerprint density at radius 2 is 2.03 bits per heavy atom. The highest BCUT2D eigenvalue weighted by atomic mass is 35.5. The molecule has 1 atom stereocenters. The Hall–Kier alpha value is -3.96. The third kappa shape index (κ3) is 6.55. The van der Waals surface area contributed by atoms with E-state index in [1.165, 1.54) is 37.2 Å². The molecule has 0 fully saturated rings. The van der Waals surface area contributed by atoms with Gasteiger partial charge in [-0.05, 0) is 67.6 Å². The van der Waals surface area contributed by atoms with Crippen molar-refractivity contribution in [3.05, 3.63) is 86.9 Å². The molecule has 2 aromatic carbocycles. The average Bonchev–Trinajstić information content (AvgIpc) is 2.91. The van der Waals surface area contributed by atoms with Crippen molar-refractivity contribution in [1.29, 1.82) is 0 Å². The topological polar surface area (TPSA) is 132 Å². The number of ether oxygens (including phenoxy) is 1. The third-order valence-electron chi connectivity index (χ3n) is 6.12. The van der Waals surface area contributed by atoms with Gasteiger partial charge in [-0.3, -0.25) is 18.9 Å². The normalized spacial score (nSPS) is 13.4. The molecule has 0 aliphatic rings. The summed E-state index contributed by atoms with van der Waals surface area (Å²) in [6, 6.07) is 9.71. The van der Waals surface area contributed by atoms with E-state index < -0.39 is 15.9 Å². The Morgan fingerprint density at radius 1 is 1.31 bits per heavy atom. The lowest BCUT2D eigenvalue weighted by Crippen LogP contribution is -2.32. The largest absolute Gasteiger partial charge is 0.480 e. The third-order valence-corrected chi connectivity index (χ3v) is 8.04. The Balaban J connectivity index is 2.06. The smallest absolute Gasteiger partial charge is 0.262 e. The minimum absolute atomic E-state index is 0.00128. The van der Waals surface area contributed by atoms with Gasteiger partial charge in [-0.1, -0.05) is 30.7 Å². The molecule has 1 amide bonds. The number of benzene rings is 2. The second-order valence-electron chi connectivity index (χ2n) is 8.83. The number of methoxy groups -OCH3 is 1. The number of amides is 1. The molecule has 0 radical (unpaired) electrons. The van der Waals surface area contributed by atoms with Crippen molar-refractivity contribution in [3.8, 4) is 0 Å². The molecule has 12 heteroatoms. The maximum absolute atomic E-state index is 13.3. The van der Waals surface area contributed by atoms with Crippen LogP contribution in [0.5, 0.6) is 0 Å². The fourth-order valence-corrected chi connectivity index (χ4v) is 5.48. The SMILES string of the molecule is C=N/C(OC)=C(\C=C(/C)c1ccc2ncn(CC(C)C(=O)NC)c(=O)c2c1)NS(=O)(=O)c1cccc(Cl)c1C. The van der Waals surface area contributed by atoms with Crippen molar-refractivity contribution in [3.63, 3.8) is 0 Å². The minimum atomic E-state index is -4.07. The van der Waals surface area contributed by atoms with E-state index in [4.69, 9.17) is 16.3 Å². The summed E-state index contributed by atoms with van der Waals surface area (Å²) in [6.45, 7) is 8.72. The summed E-state index contributed by atoms with van der Waals surface area (Å²) in [7, 11) is -1.19. The Kier molecular flexibility index (Phi) is 9.31. The number of rotatable bonds is 10. The molecule has 0 aliphatic heterocycles. The number of allylic oxidation sites excluding steroid dienone is 2. The zero-order chi connectivity index (χ0) is 28.9. The van der Waals surface area contributed by atoms with Crippen molar-refractivity contribution >= 4 is 50.7 Å². The van der Waals surface area contributed by atoms with Crippen molar-refractivity contribution < 1.29 is 17.9 Å². The predicted octanol–water partition coefficient (Wildman–Crippen LogP) is 3.64. The van der Waals surface area contributed by atoms with E-state index in [-0.39, 0.29) is 34.5 Å².